The number of nitrogens with two attached hydrogens (primary N) is 1. The van der Waals surface area contributed by atoms with E-state index in [-0.39, 0.29) is 6.54 Å². The van der Waals surface area contributed by atoms with Crippen molar-refractivity contribution in [2.24, 2.45) is 11.7 Å². The molecule has 6 heteroatoms. The number of rotatable bonds is 5. The van der Waals surface area contributed by atoms with Gasteiger partial charge in [0, 0.05) is 0 Å². The summed E-state index contributed by atoms with van der Waals surface area (Å²) in [5.74, 6) is -1.48. The summed E-state index contributed by atoms with van der Waals surface area (Å²) < 4.78 is 0. The topological polar surface area (TPSA) is 104 Å². The number of carboxylic acid groups (broad SMARTS) is 2. The summed E-state index contributed by atoms with van der Waals surface area (Å²) in [5, 5.41) is 17.3. The number of nitrogens with zero attached hydrogens (tertiary/aromatic N) is 1. The first-order chi connectivity index (χ1) is 7.49. The first-order valence-corrected chi connectivity index (χ1v) is 5.41. The Morgan fingerprint density at radius 2 is 1.88 bits per heavy atom. The lowest BCUT2D eigenvalue weighted by molar-refractivity contribution is -0.139. The zero-order valence-corrected chi connectivity index (χ0v) is 9.13. The number of carbonyl (C=O) groups is 2. The lowest BCUT2D eigenvalue weighted by Gasteiger charge is -2.31. The van der Waals surface area contributed by atoms with E-state index in [4.69, 9.17) is 15.9 Å². The molecule has 1 aliphatic heterocycles. The van der Waals surface area contributed by atoms with E-state index in [1.54, 1.807) is 0 Å². The van der Waals surface area contributed by atoms with Crippen LogP contribution in [0.1, 0.15) is 19.3 Å². The second-order valence-corrected chi connectivity index (χ2v) is 4.29. The molecule has 4 N–H and O–H groups in total. The second-order valence-electron chi connectivity index (χ2n) is 4.29. The highest BCUT2D eigenvalue weighted by molar-refractivity contribution is 5.73. The molecule has 16 heavy (non-hydrogen) atoms. The van der Waals surface area contributed by atoms with E-state index in [1.165, 1.54) is 0 Å². The van der Waals surface area contributed by atoms with Crippen molar-refractivity contribution in [1.82, 2.24) is 4.90 Å². The van der Waals surface area contributed by atoms with Crippen LogP contribution in [0.4, 0.5) is 0 Å². The lowest BCUT2D eigenvalue weighted by Crippen LogP contribution is -2.40. The molecule has 0 aliphatic carbocycles. The number of piperidine rings is 1. The van der Waals surface area contributed by atoms with Gasteiger partial charge >= 0.3 is 11.9 Å². The molecule has 1 unspecified atom stereocenters. The predicted molar refractivity (Wildman–Crippen MR) is 57.0 cm³/mol. The van der Waals surface area contributed by atoms with Gasteiger partial charge in [-0.1, -0.05) is 0 Å². The van der Waals surface area contributed by atoms with E-state index < -0.39 is 18.0 Å². The summed E-state index contributed by atoms with van der Waals surface area (Å²) in [4.78, 5) is 22.9. The standard InChI is InChI=1S/C10H18N2O4/c11-8(10(15)16)5-7-1-3-12(4-2-7)6-9(13)14/h7-8H,1-6,11H2,(H,13,14)(H,15,16). The Kier molecular flexibility index (Phi) is 4.70. The third-order valence-electron chi connectivity index (χ3n) is 2.97. The van der Waals surface area contributed by atoms with E-state index in [2.05, 4.69) is 0 Å². The highest BCUT2D eigenvalue weighted by atomic mass is 16.4. The van der Waals surface area contributed by atoms with Crippen LogP contribution >= 0.6 is 0 Å². The van der Waals surface area contributed by atoms with E-state index in [0.29, 0.717) is 25.4 Å². The van der Waals surface area contributed by atoms with Crippen molar-refractivity contribution in [3.8, 4) is 0 Å². The normalized spacial score (nSPS) is 20.6. The molecule has 0 amide bonds. The molecule has 0 bridgehead atoms. The fourth-order valence-electron chi connectivity index (χ4n) is 2.03. The first-order valence-electron chi connectivity index (χ1n) is 5.41. The fourth-order valence-corrected chi connectivity index (χ4v) is 2.03. The lowest BCUT2D eigenvalue weighted by atomic mass is 9.90. The highest BCUT2D eigenvalue weighted by Gasteiger charge is 2.24. The summed E-state index contributed by atoms with van der Waals surface area (Å²) >= 11 is 0. The van der Waals surface area contributed by atoms with Gasteiger partial charge in [-0.2, -0.15) is 0 Å². The van der Waals surface area contributed by atoms with Gasteiger partial charge in [-0.25, -0.2) is 0 Å². The van der Waals surface area contributed by atoms with Crippen LogP contribution in [0.5, 0.6) is 0 Å². The van der Waals surface area contributed by atoms with E-state index in [9.17, 15) is 9.59 Å². The molecule has 0 aromatic rings. The smallest absolute Gasteiger partial charge is 0.320 e. The van der Waals surface area contributed by atoms with Crippen molar-refractivity contribution in [2.45, 2.75) is 25.3 Å². The maximum Gasteiger partial charge on any atom is 0.320 e. The van der Waals surface area contributed by atoms with Crippen LogP contribution in [0.2, 0.25) is 0 Å². The Morgan fingerprint density at radius 3 is 2.31 bits per heavy atom. The van der Waals surface area contributed by atoms with Crippen molar-refractivity contribution in [1.29, 1.82) is 0 Å². The summed E-state index contributed by atoms with van der Waals surface area (Å²) in [6.07, 6.45) is 2.14. The van der Waals surface area contributed by atoms with Crippen LogP contribution in [-0.2, 0) is 9.59 Å². The van der Waals surface area contributed by atoms with Crippen LogP contribution in [0.15, 0.2) is 0 Å². The maximum absolute atomic E-state index is 10.6. The zero-order valence-electron chi connectivity index (χ0n) is 9.13. The van der Waals surface area contributed by atoms with Crippen molar-refractivity contribution in [3.05, 3.63) is 0 Å². The number of aliphatic carboxylic acids is 2. The molecule has 0 aromatic carbocycles. The SMILES string of the molecule is NC(CC1CCN(CC(=O)O)CC1)C(=O)O. The maximum atomic E-state index is 10.6. The van der Waals surface area contributed by atoms with Crippen LogP contribution in [-0.4, -0.2) is 52.7 Å². The monoisotopic (exact) mass is 230 g/mol. The average Bonchev–Trinajstić information content (AvgIpc) is 2.20. The minimum atomic E-state index is -0.965. The van der Waals surface area contributed by atoms with Crippen molar-refractivity contribution in [2.75, 3.05) is 19.6 Å². The van der Waals surface area contributed by atoms with Gasteiger partial charge in [-0.05, 0) is 38.3 Å². The minimum absolute atomic E-state index is 0.0672. The number of likely N-dealkylation sites (tertiary alicyclic amines) is 1. The Labute approximate surface area is 94.0 Å². The van der Waals surface area contributed by atoms with Gasteiger partial charge in [0.05, 0.1) is 6.54 Å². The molecule has 6 nitrogen and oxygen atoms in total. The Morgan fingerprint density at radius 1 is 1.31 bits per heavy atom. The number of hydrogen-bond acceptors (Lipinski definition) is 4. The summed E-state index contributed by atoms with van der Waals surface area (Å²) in [6.45, 7) is 1.49. The van der Waals surface area contributed by atoms with E-state index in [1.807, 2.05) is 4.90 Å². The Hall–Kier alpha value is -1.14. The molecule has 0 radical (unpaired) electrons. The zero-order chi connectivity index (χ0) is 12.1. The molecule has 1 rings (SSSR count). The summed E-state index contributed by atoms with van der Waals surface area (Å²) in [5.41, 5.74) is 5.46. The van der Waals surface area contributed by atoms with Crippen molar-refractivity contribution >= 4 is 11.9 Å². The van der Waals surface area contributed by atoms with E-state index in [0.717, 1.165) is 12.8 Å². The van der Waals surface area contributed by atoms with Crippen LogP contribution in [0, 0.1) is 5.92 Å². The molecule has 92 valence electrons. The summed E-state index contributed by atoms with van der Waals surface area (Å²) in [6, 6.07) is -0.795. The molecule has 1 atom stereocenters. The Bertz CT molecular complexity index is 262. The van der Waals surface area contributed by atoms with Crippen molar-refractivity contribution < 1.29 is 19.8 Å². The average molecular weight is 230 g/mol. The quantitative estimate of drug-likeness (QED) is 0.593. The van der Waals surface area contributed by atoms with Gasteiger partial charge in [0.15, 0.2) is 0 Å². The van der Waals surface area contributed by atoms with Crippen LogP contribution < -0.4 is 5.73 Å². The third-order valence-corrected chi connectivity index (χ3v) is 2.97. The number of hydrogen-bond donors (Lipinski definition) is 3. The highest BCUT2D eigenvalue weighted by Crippen LogP contribution is 2.21. The molecule has 0 spiro atoms. The van der Waals surface area contributed by atoms with Gasteiger partial charge in [0.25, 0.3) is 0 Å². The fraction of sp³-hybridized carbons (Fsp3) is 0.800. The minimum Gasteiger partial charge on any atom is -0.480 e. The van der Waals surface area contributed by atoms with E-state index >= 15 is 0 Å². The molecular weight excluding hydrogens is 212 g/mol. The molecule has 1 aliphatic rings. The number of carboxylic acids is 2. The molecule has 1 fully saturated rings. The second kappa shape index (κ2) is 5.81. The Balaban J connectivity index is 2.26. The first kappa shape index (κ1) is 12.9. The molecular formula is C10H18N2O4. The third kappa shape index (κ3) is 4.16. The van der Waals surface area contributed by atoms with Crippen molar-refractivity contribution in [3.63, 3.8) is 0 Å². The molecule has 1 heterocycles. The van der Waals surface area contributed by atoms with Gasteiger partial charge in [-0.3, -0.25) is 14.5 Å². The van der Waals surface area contributed by atoms with Crippen LogP contribution in [0.3, 0.4) is 0 Å². The predicted octanol–water partition coefficient (Wildman–Crippen LogP) is -0.415. The largest absolute Gasteiger partial charge is 0.480 e. The summed E-state index contributed by atoms with van der Waals surface area (Å²) in [7, 11) is 0. The van der Waals surface area contributed by atoms with Crippen LogP contribution in [0.25, 0.3) is 0 Å². The molecule has 1 saturated heterocycles. The van der Waals surface area contributed by atoms with Gasteiger partial charge in [-0.15, -0.1) is 0 Å². The molecule has 0 aromatic heterocycles. The van der Waals surface area contributed by atoms with Gasteiger partial charge in [0.2, 0.25) is 0 Å². The van der Waals surface area contributed by atoms with Gasteiger partial charge < -0.3 is 15.9 Å². The van der Waals surface area contributed by atoms with Gasteiger partial charge in [0.1, 0.15) is 6.04 Å². The molecule has 0 saturated carbocycles.